The summed E-state index contributed by atoms with van der Waals surface area (Å²) in [4.78, 5) is 40.2. The average Bonchev–Trinajstić information content (AvgIpc) is 2.99. The summed E-state index contributed by atoms with van der Waals surface area (Å²) in [5.74, 6) is -0.576. The number of unbranched alkanes of at least 4 members (excludes halogenated alkanes) is 21. The van der Waals surface area contributed by atoms with Gasteiger partial charge in [-0.1, -0.05) is 154 Å². The fourth-order valence-electron chi connectivity index (χ4n) is 5.68. The van der Waals surface area contributed by atoms with Crippen LogP contribution in [0.2, 0.25) is 0 Å². The van der Waals surface area contributed by atoms with Crippen LogP contribution >= 0.6 is 0 Å². The molecule has 1 amide bonds. The second kappa shape index (κ2) is 32.2. The smallest absolute Gasteiger partial charge is 0.251 e. The highest BCUT2D eigenvalue weighted by Gasteiger charge is 2.21. The Morgan fingerprint density at radius 3 is 1.57 bits per heavy atom. The molecule has 0 fully saturated rings. The van der Waals surface area contributed by atoms with E-state index in [4.69, 9.17) is 5.73 Å². The lowest BCUT2D eigenvalue weighted by atomic mass is 9.93. The van der Waals surface area contributed by atoms with Crippen molar-refractivity contribution in [1.29, 1.82) is 0 Å². The Morgan fingerprint density at radius 1 is 0.682 bits per heavy atom. The number of carbonyl (C=O) groups is 2. The molecule has 0 aliphatic carbocycles. The Hall–Kier alpha value is -2.19. The topological polar surface area (TPSA) is 140 Å². The van der Waals surface area contributed by atoms with Gasteiger partial charge in [0.2, 0.25) is 5.91 Å². The molecular weight excluding hydrogens is 554 g/mol. The van der Waals surface area contributed by atoms with Gasteiger partial charge in [-0.3, -0.25) is 9.59 Å². The summed E-state index contributed by atoms with van der Waals surface area (Å²) < 4.78 is 0. The molecule has 9 heteroatoms. The van der Waals surface area contributed by atoms with Gasteiger partial charge < -0.3 is 11.1 Å². The highest BCUT2D eigenvalue weighted by atomic mass is 16.7. The van der Waals surface area contributed by atoms with E-state index in [0.717, 1.165) is 25.7 Å². The largest absolute Gasteiger partial charge is 0.365 e. The van der Waals surface area contributed by atoms with Crippen LogP contribution in [0.1, 0.15) is 187 Å². The van der Waals surface area contributed by atoms with Crippen molar-refractivity contribution in [3.63, 3.8) is 0 Å². The molecule has 0 bridgehead atoms. The molecule has 258 valence electrons. The first-order chi connectivity index (χ1) is 21.4. The zero-order valence-corrected chi connectivity index (χ0v) is 28.7. The molecule has 0 aliphatic heterocycles. The minimum atomic E-state index is -0.752. The molecule has 0 spiro atoms. The Labute approximate surface area is 269 Å². The molecule has 0 aromatic rings. The molecule has 0 saturated carbocycles. The van der Waals surface area contributed by atoms with E-state index < -0.39 is 11.0 Å². The Morgan fingerprint density at radius 2 is 1.11 bits per heavy atom. The van der Waals surface area contributed by atoms with Gasteiger partial charge in [-0.05, 0) is 25.7 Å². The first-order valence-corrected chi connectivity index (χ1v) is 18.4. The number of nitrogens with zero attached hydrogens (tertiary/aromatic N) is 2. The number of ketones is 1. The number of amides is 1. The van der Waals surface area contributed by atoms with Crippen molar-refractivity contribution in [2.45, 2.75) is 187 Å². The van der Waals surface area contributed by atoms with E-state index in [1.54, 1.807) is 0 Å². The van der Waals surface area contributed by atoms with Crippen LogP contribution in [0.5, 0.6) is 0 Å². The minimum Gasteiger partial charge on any atom is -0.365 e. The number of nitrogens with one attached hydrogen (secondary N) is 2. The lowest BCUT2D eigenvalue weighted by molar-refractivity contribution is -0.525. The van der Waals surface area contributed by atoms with Crippen LogP contribution in [0.4, 0.5) is 0 Å². The zero-order chi connectivity index (χ0) is 32.5. The lowest BCUT2D eigenvalue weighted by Gasteiger charge is -2.16. The normalized spacial score (nSPS) is 12.3. The molecule has 0 unspecified atom stereocenters. The van der Waals surface area contributed by atoms with Crippen molar-refractivity contribution in [2.24, 2.45) is 16.6 Å². The maximum Gasteiger partial charge on any atom is 0.251 e. The van der Waals surface area contributed by atoms with Crippen molar-refractivity contribution in [1.82, 2.24) is 10.7 Å². The van der Waals surface area contributed by atoms with Crippen LogP contribution < -0.4 is 16.5 Å². The molecular formula is C35H69N5O4. The lowest BCUT2D eigenvalue weighted by Crippen LogP contribution is -2.36. The number of nitrogens with two attached hydrogens (primary N) is 1. The van der Waals surface area contributed by atoms with Gasteiger partial charge in [0.15, 0.2) is 5.03 Å². The molecule has 44 heavy (non-hydrogen) atoms. The summed E-state index contributed by atoms with van der Waals surface area (Å²) in [5.41, 5.74) is 7.31. The van der Waals surface area contributed by atoms with Gasteiger partial charge in [-0.25, -0.2) is 15.1 Å². The van der Waals surface area contributed by atoms with Crippen molar-refractivity contribution in [3.05, 3.63) is 10.1 Å². The van der Waals surface area contributed by atoms with Gasteiger partial charge in [0.25, 0.3) is 5.96 Å². The number of hydrazine groups is 1. The van der Waals surface area contributed by atoms with Crippen molar-refractivity contribution in [3.8, 4) is 0 Å². The standard InChI is InChI=1S/C35H69N5O4/c1-3-5-7-9-11-13-15-16-17-18-20-22-24-28-33(41)31-32(27-26-30-38-35(36)39-40(43)44)34(42)37-29-25-23-21-19-14-12-10-8-6-4-2/h32H,3-31H2,1-2H3,(H,37,42)(H3,36,38,39)/t32-/m1/s1. The van der Waals surface area contributed by atoms with Crippen LogP contribution in [-0.2, 0) is 9.59 Å². The second-order valence-corrected chi connectivity index (χ2v) is 12.7. The van der Waals surface area contributed by atoms with Crippen LogP contribution in [0.15, 0.2) is 4.99 Å². The van der Waals surface area contributed by atoms with Crippen molar-refractivity contribution < 1.29 is 14.6 Å². The third-order valence-corrected chi connectivity index (χ3v) is 8.43. The maximum atomic E-state index is 13.0. The van der Waals surface area contributed by atoms with E-state index in [0.29, 0.717) is 25.8 Å². The number of rotatable bonds is 33. The molecule has 1 atom stereocenters. The number of carbonyl (C=O) groups excluding carboxylic acids is 2. The number of aliphatic imine (C=N–C) groups is 1. The molecule has 0 aromatic heterocycles. The Balaban J connectivity index is 4.27. The average molecular weight is 624 g/mol. The van der Waals surface area contributed by atoms with Crippen LogP contribution in [0.3, 0.4) is 0 Å². The van der Waals surface area contributed by atoms with Crippen molar-refractivity contribution >= 4 is 17.6 Å². The fraction of sp³-hybridized carbons (Fsp3) is 0.914. The first-order valence-electron chi connectivity index (χ1n) is 18.4. The Kier molecular flexibility index (Phi) is 30.6. The van der Waals surface area contributed by atoms with E-state index >= 15 is 0 Å². The van der Waals surface area contributed by atoms with E-state index in [1.165, 1.54) is 122 Å². The fourth-order valence-corrected chi connectivity index (χ4v) is 5.68. The summed E-state index contributed by atoms with van der Waals surface area (Å²) in [6.07, 6.45) is 30.7. The summed E-state index contributed by atoms with van der Waals surface area (Å²) in [6.45, 7) is 5.40. The first kappa shape index (κ1) is 41.8. The molecule has 0 heterocycles. The molecule has 0 saturated heterocycles. The van der Waals surface area contributed by atoms with Gasteiger partial charge in [-0.2, -0.15) is 0 Å². The third kappa shape index (κ3) is 29.9. The highest BCUT2D eigenvalue weighted by Crippen LogP contribution is 2.17. The van der Waals surface area contributed by atoms with E-state index in [2.05, 4.69) is 24.2 Å². The molecule has 0 aliphatic rings. The van der Waals surface area contributed by atoms with E-state index in [9.17, 15) is 19.7 Å². The number of nitro groups is 1. The summed E-state index contributed by atoms with van der Waals surface area (Å²) in [6, 6.07) is 0. The number of hydrogen-bond acceptors (Lipinski definition) is 5. The molecule has 0 rings (SSSR count). The predicted octanol–water partition coefficient (Wildman–Crippen LogP) is 8.96. The van der Waals surface area contributed by atoms with Gasteiger partial charge in [-0.15, -0.1) is 0 Å². The summed E-state index contributed by atoms with van der Waals surface area (Å²) >= 11 is 0. The number of guanidine groups is 1. The molecule has 0 radical (unpaired) electrons. The minimum absolute atomic E-state index is 0.0694. The number of hydrogen-bond donors (Lipinski definition) is 3. The monoisotopic (exact) mass is 624 g/mol. The van der Waals surface area contributed by atoms with Crippen LogP contribution in [0, 0.1) is 16.0 Å². The Bertz CT molecular complexity index is 732. The van der Waals surface area contributed by atoms with Gasteiger partial charge in [0.05, 0.1) is 0 Å². The predicted molar refractivity (Wildman–Crippen MR) is 184 cm³/mol. The summed E-state index contributed by atoms with van der Waals surface area (Å²) in [5, 5.41) is 12.8. The summed E-state index contributed by atoms with van der Waals surface area (Å²) in [7, 11) is 0. The van der Waals surface area contributed by atoms with E-state index in [1.807, 2.05) is 5.43 Å². The molecule has 9 nitrogen and oxygen atoms in total. The van der Waals surface area contributed by atoms with Gasteiger partial charge in [0, 0.05) is 31.8 Å². The van der Waals surface area contributed by atoms with Crippen molar-refractivity contribution in [2.75, 3.05) is 13.1 Å². The number of Topliss-reactive ketones (excluding diaryl/α,β-unsaturated/α-hetero) is 1. The van der Waals surface area contributed by atoms with Gasteiger partial charge >= 0.3 is 0 Å². The SMILES string of the molecule is CCCCCCCCCCCCCCCC(=O)C[C@@H](CCCN=C(N)N[N+](=O)[O-])C(=O)NCCCCCCCCCCCC. The highest BCUT2D eigenvalue weighted by molar-refractivity contribution is 5.86. The quantitative estimate of drug-likeness (QED) is 0.0219. The molecule has 4 N–H and O–H groups in total. The van der Waals surface area contributed by atoms with Crippen LogP contribution in [-0.4, -0.2) is 35.8 Å². The van der Waals surface area contributed by atoms with E-state index in [-0.39, 0.29) is 30.6 Å². The van der Waals surface area contributed by atoms with Gasteiger partial charge in [0.1, 0.15) is 5.78 Å². The van der Waals surface area contributed by atoms with Crippen LogP contribution in [0.25, 0.3) is 0 Å². The molecule has 0 aromatic carbocycles. The zero-order valence-electron chi connectivity index (χ0n) is 28.7. The maximum absolute atomic E-state index is 13.0. The third-order valence-electron chi connectivity index (χ3n) is 8.43. The second-order valence-electron chi connectivity index (χ2n) is 12.7.